The van der Waals surface area contributed by atoms with Crippen LogP contribution in [0.4, 0.5) is 0 Å². The zero-order valence-corrected chi connectivity index (χ0v) is 13.3. The van der Waals surface area contributed by atoms with Crippen molar-refractivity contribution in [2.75, 3.05) is 6.61 Å². The Bertz CT molecular complexity index is 814. The van der Waals surface area contributed by atoms with Crippen molar-refractivity contribution < 1.29 is 14.3 Å². The van der Waals surface area contributed by atoms with Gasteiger partial charge in [0.25, 0.3) is 0 Å². The van der Waals surface area contributed by atoms with E-state index >= 15 is 0 Å². The second-order valence-corrected chi connectivity index (χ2v) is 5.07. The highest BCUT2D eigenvalue weighted by atomic mass is 16.5. The number of benzene rings is 2. The van der Waals surface area contributed by atoms with Crippen molar-refractivity contribution in [1.29, 1.82) is 0 Å². The van der Waals surface area contributed by atoms with E-state index in [0.717, 1.165) is 11.1 Å². The summed E-state index contributed by atoms with van der Waals surface area (Å²) in [6, 6.07) is 20.7. The summed E-state index contributed by atoms with van der Waals surface area (Å²) in [6.45, 7) is 2.27. The molecule has 0 atom stereocenters. The van der Waals surface area contributed by atoms with Gasteiger partial charge in [-0.15, -0.1) is 0 Å². The van der Waals surface area contributed by atoms with Crippen LogP contribution in [0.1, 0.15) is 17.3 Å². The molecule has 2 aromatic carbocycles. The zero-order chi connectivity index (χ0) is 16.8. The van der Waals surface area contributed by atoms with Gasteiger partial charge in [0.05, 0.1) is 6.61 Å². The number of pyridine rings is 1. The Morgan fingerprint density at radius 2 is 1.62 bits per heavy atom. The molecule has 1 aromatic heterocycles. The molecule has 3 aromatic rings. The van der Waals surface area contributed by atoms with E-state index in [1.54, 1.807) is 30.5 Å². The summed E-state index contributed by atoms with van der Waals surface area (Å²) in [7, 11) is 0. The molecule has 24 heavy (non-hydrogen) atoms. The Kier molecular flexibility index (Phi) is 4.87. The molecule has 4 nitrogen and oxygen atoms in total. The van der Waals surface area contributed by atoms with E-state index in [-0.39, 0.29) is 5.88 Å². The van der Waals surface area contributed by atoms with Gasteiger partial charge in [0, 0.05) is 6.20 Å². The van der Waals surface area contributed by atoms with Gasteiger partial charge in [-0.3, -0.25) is 0 Å². The molecule has 0 amide bonds. The van der Waals surface area contributed by atoms with Crippen LogP contribution in [0.25, 0.3) is 11.1 Å². The molecule has 0 aliphatic heterocycles. The van der Waals surface area contributed by atoms with Crippen molar-refractivity contribution in [2.45, 2.75) is 6.92 Å². The van der Waals surface area contributed by atoms with Gasteiger partial charge >= 0.3 is 5.97 Å². The van der Waals surface area contributed by atoms with E-state index in [9.17, 15) is 4.79 Å². The number of ether oxygens (including phenoxy) is 2. The Hall–Kier alpha value is -3.14. The van der Waals surface area contributed by atoms with Crippen LogP contribution in [-0.2, 0) is 0 Å². The standard InChI is InChI=1S/C20H17NO3/c1-2-23-19-18(9-6-14-21-19)20(22)24-17-12-10-16(11-13-17)15-7-4-3-5-8-15/h3-14H,2H2,1H3. The average Bonchev–Trinajstić information content (AvgIpc) is 2.64. The quantitative estimate of drug-likeness (QED) is 0.517. The normalized spacial score (nSPS) is 10.2. The smallest absolute Gasteiger partial charge is 0.349 e. The number of carbonyl (C=O) groups excluding carboxylic acids is 1. The molecule has 0 spiro atoms. The van der Waals surface area contributed by atoms with Crippen LogP contribution in [0.5, 0.6) is 11.6 Å². The van der Waals surface area contributed by atoms with E-state index < -0.39 is 5.97 Å². The Labute approximate surface area is 140 Å². The SMILES string of the molecule is CCOc1ncccc1C(=O)Oc1ccc(-c2ccccc2)cc1. The number of hydrogen-bond donors (Lipinski definition) is 0. The van der Waals surface area contributed by atoms with Crippen LogP contribution in [0.2, 0.25) is 0 Å². The van der Waals surface area contributed by atoms with Crippen LogP contribution in [0.3, 0.4) is 0 Å². The van der Waals surface area contributed by atoms with Gasteiger partial charge in [0.15, 0.2) is 0 Å². The maximum Gasteiger partial charge on any atom is 0.349 e. The molecular formula is C20H17NO3. The number of nitrogens with zero attached hydrogens (tertiary/aromatic N) is 1. The average molecular weight is 319 g/mol. The topological polar surface area (TPSA) is 48.4 Å². The molecule has 0 bridgehead atoms. The minimum atomic E-state index is -0.487. The molecule has 3 rings (SSSR count). The lowest BCUT2D eigenvalue weighted by Crippen LogP contribution is -2.11. The van der Waals surface area contributed by atoms with Crippen LogP contribution < -0.4 is 9.47 Å². The first-order valence-electron chi connectivity index (χ1n) is 7.73. The zero-order valence-electron chi connectivity index (χ0n) is 13.3. The predicted molar refractivity (Wildman–Crippen MR) is 92.2 cm³/mol. The van der Waals surface area contributed by atoms with Crippen molar-refractivity contribution in [1.82, 2.24) is 4.98 Å². The summed E-state index contributed by atoms with van der Waals surface area (Å²) in [5, 5.41) is 0. The molecular weight excluding hydrogens is 302 g/mol. The third-order valence-corrected chi connectivity index (χ3v) is 3.44. The molecule has 1 heterocycles. The Morgan fingerprint density at radius 3 is 2.33 bits per heavy atom. The first-order chi connectivity index (χ1) is 11.8. The highest BCUT2D eigenvalue weighted by Gasteiger charge is 2.15. The van der Waals surface area contributed by atoms with Crippen LogP contribution in [-0.4, -0.2) is 17.6 Å². The Morgan fingerprint density at radius 1 is 0.917 bits per heavy atom. The summed E-state index contributed by atoms with van der Waals surface area (Å²) < 4.78 is 10.8. The van der Waals surface area contributed by atoms with Gasteiger partial charge in [-0.2, -0.15) is 0 Å². The van der Waals surface area contributed by atoms with Crippen molar-refractivity contribution in [3.05, 3.63) is 78.5 Å². The van der Waals surface area contributed by atoms with Crippen LogP contribution in [0, 0.1) is 0 Å². The van der Waals surface area contributed by atoms with Gasteiger partial charge in [-0.05, 0) is 42.3 Å². The lowest BCUT2D eigenvalue weighted by molar-refractivity contribution is 0.0729. The van der Waals surface area contributed by atoms with Crippen molar-refractivity contribution >= 4 is 5.97 Å². The first-order valence-corrected chi connectivity index (χ1v) is 7.73. The third kappa shape index (κ3) is 3.60. The number of rotatable bonds is 5. The fraction of sp³-hybridized carbons (Fsp3) is 0.100. The lowest BCUT2D eigenvalue weighted by atomic mass is 10.1. The third-order valence-electron chi connectivity index (χ3n) is 3.44. The summed E-state index contributed by atoms with van der Waals surface area (Å²) in [6.07, 6.45) is 1.58. The molecule has 0 N–H and O–H groups in total. The van der Waals surface area contributed by atoms with E-state index in [0.29, 0.717) is 17.9 Å². The predicted octanol–water partition coefficient (Wildman–Crippen LogP) is 4.37. The molecule has 0 saturated carbocycles. The van der Waals surface area contributed by atoms with Gasteiger partial charge < -0.3 is 9.47 Å². The number of hydrogen-bond acceptors (Lipinski definition) is 4. The van der Waals surface area contributed by atoms with Crippen LogP contribution >= 0.6 is 0 Å². The van der Waals surface area contributed by atoms with Gasteiger partial charge in [0.1, 0.15) is 11.3 Å². The van der Waals surface area contributed by atoms with E-state index in [2.05, 4.69) is 4.98 Å². The molecule has 0 radical (unpaired) electrons. The van der Waals surface area contributed by atoms with E-state index in [1.807, 2.05) is 49.4 Å². The summed E-state index contributed by atoms with van der Waals surface area (Å²) in [5.41, 5.74) is 2.49. The summed E-state index contributed by atoms with van der Waals surface area (Å²) in [4.78, 5) is 16.4. The fourth-order valence-electron chi connectivity index (χ4n) is 2.31. The molecule has 0 saturated heterocycles. The number of esters is 1. The second-order valence-electron chi connectivity index (χ2n) is 5.07. The summed E-state index contributed by atoms with van der Waals surface area (Å²) >= 11 is 0. The van der Waals surface area contributed by atoms with E-state index in [1.165, 1.54) is 0 Å². The van der Waals surface area contributed by atoms with Crippen molar-refractivity contribution in [3.63, 3.8) is 0 Å². The first kappa shape index (κ1) is 15.7. The molecule has 4 heteroatoms. The minimum Gasteiger partial charge on any atom is -0.477 e. The number of carbonyl (C=O) groups is 1. The van der Waals surface area contributed by atoms with Crippen molar-refractivity contribution in [3.8, 4) is 22.8 Å². The highest BCUT2D eigenvalue weighted by molar-refractivity contribution is 5.93. The minimum absolute atomic E-state index is 0.283. The summed E-state index contributed by atoms with van der Waals surface area (Å²) in [5.74, 6) is 0.274. The Balaban J connectivity index is 1.76. The molecule has 120 valence electrons. The lowest BCUT2D eigenvalue weighted by Gasteiger charge is -2.09. The number of aromatic nitrogens is 1. The molecule has 0 aliphatic carbocycles. The van der Waals surface area contributed by atoms with Gasteiger partial charge in [0.2, 0.25) is 5.88 Å². The maximum atomic E-state index is 12.3. The van der Waals surface area contributed by atoms with Crippen LogP contribution in [0.15, 0.2) is 72.9 Å². The fourth-order valence-corrected chi connectivity index (χ4v) is 2.31. The second kappa shape index (κ2) is 7.42. The largest absolute Gasteiger partial charge is 0.477 e. The van der Waals surface area contributed by atoms with E-state index in [4.69, 9.17) is 9.47 Å². The highest BCUT2D eigenvalue weighted by Crippen LogP contribution is 2.23. The monoisotopic (exact) mass is 319 g/mol. The molecule has 0 unspecified atom stereocenters. The van der Waals surface area contributed by atoms with Crippen molar-refractivity contribution in [2.24, 2.45) is 0 Å². The molecule has 0 fully saturated rings. The maximum absolute atomic E-state index is 12.3. The molecule has 0 aliphatic rings. The van der Waals surface area contributed by atoms with Gasteiger partial charge in [-0.25, -0.2) is 9.78 Å². The van der Waals surface area contributed by atoms with Gasteiger partial charge in [-0.1, -0.05) is 42.5 Å².